The van der Waals surface area contributed by atoms with Crippen LogP contribution in [0.3, 0.4) is 0 Å². The molecule has 0 spiro atoms. The normalized spacial score (nSPS) is 22.8. The predicted octanol–water partition coefficient (Wildman–Crippen LogP) is 1.64. The summed E-state index contributed by atoms with van der Waals surface area (Å²) in [6.45, 7) is 4.83. The number of rotatable bonds is 5. The van der Waals surface area contributed by atoms with Crippen molar-refractivity contribution in [1.29, 1.82) is 0 Å². The van der Waals surface area contributed by atoms with Crippen molar-refractivity contribution in [2.24, 2.45) is 11.1 Å². The highest BCUT2D eigenvalue weighted by Crippen LogP contribution is 2.26. The maximum Gasteiger partial charge on any atom is 0.353 e. The van der Waals surface area contributed by atoms with Crippen LogP contribution in [0.4, 0.5) is 0 Å². The van der Waals surface area contributed by atoms with Gasteiger partial charge in [-0.2, -0.15) is 0 Å². The molecule has 112 valence electrons. The lowest BCUT2D eigenvalue weighted by Crippen LogP contribution is -2.46. The van der Waals surface area contributed by atoms with E-state index in [1.54, 1.807) is 0 Å². The number of oxime groups is 1. The van der Waals surface area contributed by atoms with Crippen LogP contribution in [0.15, 0.2) is 5.16 Å². The number of nitrogens with zero attached hydrogens (tertiary/aromatic N) is 2. The zero-order valence-corrected chi connectivity index (χ0v) is 12.0. The molecule has 0 aromatic carbocycles. The molecule has 0 saturated heterocycles. The quantitative estimate of drug-likeness (QED) is 0.831. The molecule has 2 aliphatic rings. The summed E-state index contributed by atoms with van der Waals surface area (Å²) in [6.07, 6.45) is 3.65. The Morgan fingerprint density at radius 1 is 1.40 bits per heavy atom. The van der Waals surface area contributed by atoms with E-state index >= 15 is 0 Å². The number of aliphatic carboxylic acids is 1. The average molecular weight is 282 g/mol. The van der Waals surface area contributed by atoms with E-state index in [0.717, 1.165) is 25.7 Å². The van der Waals surface area contributed by atoms with E-state index in [4.69, 9.17) is 9.94 Å². The molecule has 2 rings (SSSR count). The first-order valence-electron chi connectivity index (χ1n) is 7.25. The Bertz CT molecular complexity index is 413. The van der Waals surface area contributed by atoms with Crippen molar-refractivity contribution < 1.29 is 19.5 Å². The van der Waals surface area contributed by atoms with Crippen molar-refractivity contribution >= 4 is 17.6 Å². The molecule has 6 nitrogen and oxygen atoms in total. The van der Waals surface area contributed by atoms with Gasteiger partial charge in [-0.25, -0.2) is 4.79 Å². The summed E-state index contributed by atoms with van der Waals surface area (Å²) in [6, 6.07) is 0.266. The van der Waals surface area contributed by atoms with Crippen molar-refractivity contribution in [3.63, 3.8) is 0 Å². The Hall–Kier alpha value is -1.59. The minimum atomic E-state index is -1.11. The summed E-state index contributed by atoms with van der Waals surface area (Å²) in [7, 11) is 0. The third kappa shape index (κ3) is 3.29. The van der Waals surface area contributed by atoms with Gasteiger partial charge in [-0.3, -0.25) is 4.79 Å². The van der Waals surface area contributed by atoms with E-state index in [1.807, 2.05) is 4.90 Å². The average Bonchev–Trinajstić information content (AvgIpc) is 3.05. The van der Waals surface area contributed by atoms with Gasteiger partial charge in [-0.05, 0) is 18.8 Å². The van der Waals surface area contributed by atoms with Crippen LogP contribution in [0.25, 0.3) is 0 Å². The molecule has 0 bridgehead atoms. The standard InChI is InChI=1S/C14H22N2O4/c1-9(2)8-16(10-5-3-4-6-10)13(17)12-7-11(14(18)19)15-20-12/h9-10,12H,3-8H2,1-2H3,(H,18,19). The summed E-state index contributed by atoms with van der Waals surface area (Å²) in [4.78, 5) is 30.3. The van der Waals surface area contributed by atoms with Gasteiger partial charge >= 0.3 is 5.97 Å². The number of carbonyl (C=O) groups excluding carboxylic acids is 1. The van der Waals surface area contributed by atoms with E-state index in [2.05, 4.69) is 19.0 Å². The molecule has 0 aromatic rings. The minimum Gasteiger partial charge on any atom is -0.477 e. The predicted molar refractivity (Wildman–Crippen MR) is 73.4 cm³/mol. The molecule has 6 heteroatoms. The smallest absolute Gasteiger partial charge is 0.353 e. The van der Waals surface area contributed by atoms with Crippen LogP contribution in [0.5, 0.6) is 0 Å². The third-order valence-electron chi connectivity index (χ3n) is 3.80. The Labute approximate surface area is 118 Å². The van der Waals surface area contributed by atoms with E-state index in [9.17, 15) is 9.59 Å². The number of carboxylic acid groups (broad SMARTS) is 1. The molecule has 1 unspecified atom stereocenters. The van der Waals surface area contributed by atoms with Gasteiger partial charge in [0.05, 0.1) is 0 Å². The Morgan fingerprint density at radius 3 is 2.55 bits per heavy atom. The zero-order chi connectivity index (χ0) is 14.7. The van der Waals surface area contributed by atoms with Crippen molar-refractivity contribution in [2.45, 2.75) is 58.1 Å². The van der Waals surface area contributed by atoms with Gasteiger partial charge in [0.15, 0.2) is 5.71 Å². The first-order valence-corrected chi connectivity index (χ1v) is 7.25. The van der Waals surface area contributed by atoms with E-state index in [-0.39, 0.29) is 24.1 Å². The number of carboxylic acids is 1. The van der Waals surface area contributed by atoms with E-state index in [1.165, 1.54) is 0 Å². The second-order valence-electron chi connectivity index (χ2n) is 5.96. The summed E-state index contributed by atoms with van der Waals surface area (Å²) in [5.74, 6) is -0.858. The topological polar surface area (TPSA) is 79.2 Å². The van der Waals surface area contributed by atoms with Crippen molar-refractivity contribution in [2.75, 3.05) is 6.54 Å². The molecule has 20 heavy (non-hydrogen) atoms. The minimum absolute atomic E-state index is 0.0650. The second-order valence-corrected chi connectivity index (χ2v) is 5.96. The van der Waals surface area contributed by atoms with Crippen LogP contribution in [0, 0.1) is 5.92 Å². The monoisotopic (exact) mass is 282 g/mol. The molecule has 1 fully saturated rings. The van der Waals surface area contributed by atoms with E-state index in [0.29, 0.717) is 12.5 Å². The highest BCUT2D eigenvalue weighted by Gasteiger charge is 2.37. The zero-order valence-electron chi connectivity index (χ0n) is 12.0. The van der Waals surface area contributed by atoms with Crippen LogP contribution in [-0.2, 0) is 14.4 Å². The van der Waals surface area contributed by atoms with Gasteiger partial charge in [0.2, 0.25) is 6.10 Å². The van der Waals surface area contributed by atoms with Crippen LogP contribution < -0.4 is 0 Å². The van der Waals surface area contributed by atoms with Crippen molar-refractivity contribution in [1.82, 2.24) is 4.90 Å². The fourth-order valence-corrected chi connectivity index (χ4v) is 2.85. The van der Waals surface area contributed by atoms with Crippen molar-refractivity contribution in [3.05, 3.63) is 0 Å². The molecule has 0 radical (unpaired) electrons. The molecule has 1 aliphatic carbocycles. The number of hydrogen-bond acceptors (Lipinski definition) is 4. The Morgan fingerprint density at radius 2 is 2.05 bits per heavy atom. The van der Waals surface area contributed by atoms with Gasteiger partial charge in [0, 0.05) is 19.0 Å². The molecular weight excluding hydrogens is 260 g/mol. The summed E-state index contributed by atoms with van der Waals surface area (Å²) >= 11 is 0. The molecule has 1 amide bonds. The first kappa shape index (κ1) is 14.8. The second kappa shape index (κ2) is 6.24. The van der Waals surface area contributed by atoms with Gasteiger partial charge in [0.25, 0.3) is 5.91 Å². The molecule has 1 aliphatic heterocycles. The molecule has 0 aromatic heterocycles. The van der Waals surface area contributed by atoms with Gasteiger partial charge in [-0.15, -0.1) is 0 Å². The highest BCUT2D eigenvalue weighted by molar-refractivity contribution is 6.36. The largest absolute Gasteiger partial charge is 0.477 e. The number of amides is 1. The summed E-state index contributed by atoms with van der Waals surface area (Å²) in [5, 5.41) is 12.4. The summed E-state index contributed by atoms with van der Waals surface area (Å²) < 4.78 is 0. The molecular formula is C14H22N2O4. The molecule has 1 N–H and O–H groups in total. The molecule has 1 heterocycles. The highest BCUT2D eigenvalue weighted by atomic mass is 16.6. The van der Waals surface area contributed by atoms with Crippen molar-refractivity contribution in [3.8, 4) is 0 Å². The molecule has 1 saturated carbocycles. The fraction of sp³-hybridized carbons (Fsp3) is 0.786. The Kier molecular flexibility index (Phi) is 4.62. The van der Waals surface area contributed by atoms with Gasteiger partial charge in [-0.1, -0.05) is 31.8 Å². The first-order chi connectivity index (χ1) is 9.49. The van der Waals surface area contributed by atoms with Gasteiger partial charge < -0.3 is 14.8 Å². The lowest BCUT2D eigenvalue weighted by atomic mass is 10.1. The maximum atomic E-state index is 12.6. The lowest BCUT2D eigenvalue weighted by Gasteiger charge is -2.31. The fourth-order valence-electron chi connectivity index (χ4n) is 2.85. The van der Waals surface area contributed by atoms with E-state index < -0.39 is 12.1 Å². The number of carbonyl (C=O) groups is 2. The summed E-state index contributed by atoms with van der Waals surface area (Å²) in [5.41, 5.74) is -0.0701. The Balaban J connectivity index is 2.02. The lowest BCUT2D eigenvalue weighted by molar-refractivity contribution is -0.145. The molecule has 1 atom stereocenters. The maximum absolute atomic E-state index is 12.6. The SMILES string of the molecule is CC(C)CN(C(=O)C1CC(C(=O)O)=NO1)C1CCCC1. The van der Waals surface area contributed by atoms with Crippen LogP contribution in [0.1, 0.15) is 46.0 Å². The van der Waals surface area contributed by atoms with Gasteiger partial charge in [0.1, 0.15) is 0 Å². The van der Waals surface area contributed by atoms with Crippen LogP contribution >= 0.6 is 0 Å². The third-order valence-corrected chi connectivity index (χ3v) is 3.80. The number of hydrogen-bond donors (Lipinski definition) is 1. The van der Waals surface area contributed by atoms with Crippen LogP contribution in [0.2, 0.25) is 0 Å². The van der Waals surface area contributed by atoms with Crippen LogP contribution in [-0.4, -0.2) is 46.3 Å².